The normalized spacial score (nSPS) is 19.4. The van der Waals surface area contributed by atoms with E-state index in [1.165, 1.54) is 5.56 Å². The minimum Gasteiger partial charge on any atom is -0.379 e. The first kappa shape index (κ1) is 16.4. The van der Waals surface area contributed by atoms with Crippen molar-refractivity contribution in [2.45, 2.75) is 12.5 Å². The van der Waals surface area contributed by atoms with Crippen molar-refractivity contribution < 1.29 is 9.53 Å². The van der Waals surface area contributed by atoms with Gasteiger partial charge in [-0.05, 0) is 36.2 Å². The Bertz CT molecular complexity index is 866. The molecule has 7 nitrogen and oxygen atoms in total. The van der Waals surface area contributed by atoms with Gasteiger partial charge < -0.3 is 10.1 Å². The number of aromatic nitrogens is 4. The highest BCUT2D eigenvalue weighted by molar-refractivity contribution is 5.92. The largest absolute Gasteiger partial charge is 0.379 e. The first-order valence-electron chi connectivity index (χ1n) is 8.55. The lowest BCUT2D eigenvalue weighted by atomic mass is 9.95. The summed E-state index contributed by atoms with van der Waals surface area (Å²) in [6.45, 7) is 1.14. The summed E-state index contributed by atoms with van der Waals surface area (Å²) >= 11 is 0. The lowest BCUT2D eigenvalue weighted by molar-refractivity contribution is 0.0920. The molecule has 3 heterocycles. The maximum atomic E-state index is 12.6. The molecule has 0 aliphatic carbocycles. The van der Waals surface area contributed by atoms with Crippen molar-refractivity contribution in [3.05, 3.63) is 72.3 Å². The van der Waals surface area contributed by atoms with E-state index in [1.807, 2.05) is 42.5 Å². The van der Waals surface area contributed by atoms with Crippen LogP contribution < -0.4 is 5.32 Å². The zero-order valence-corrected chi connectivity index (χ0v) is 14.2. The number of rotatable bonds is 5. The number of benzene rings is 1. The van der Waals surface area contributed by atoms with Gasteiger partial charge in [-0.1, -0.05) is 23.4 Å². The second-order valence-electron chi connectivity index (χ2n) is 6.32. The number of nitrogens with zero attached hydrogens (tertiary/aromatic N) is 4. The smallest absolute Gasteiger partial charge is 0.273 e. The van der Waals surface area contributed by atoms with Crippen molar-refractivity contribution in [1.82, 2.24) is 25.3 Å². The fourth-order valence-corrected chi connectivity index (χ4v) is 3.10. The van der Waals surface area contributed by atoms with Gasteiger partial charge in [0.2, 0.25) is 0 Å². The van der Waals surface area contributed by atoms with Crippen molar-refractivity contribution >= 4 is 5.91 Å². The number of amides is 1. The van der Waals surface area contributed by atoms with Crippen LogP contribution in [0.1, 0.15) is 16.1 Å². The van der Waals surface area contributed by atoms with Crippen LogP contribution in [0.4, 0.5) is 0 Å². The highest BCUT2D eigenvalue weighted by Gasteiger charge is 2.30. The second kappa shape index (κ2) is 7.45. The molecule has 132 valence electrons. The van der Waals surface area contributed by atoms with Gasteiger partial charge in [0.05, 0.1) is 31.1 Å². The predicted molar refractivity (Wildman–Crippen MR) is 94.9 cm³/mol. The number of carbonyl (C=O) groups excluding carboxylic acids is 1. The minimum absolute atomic E-state index is 0.0439. The molecule has 0 radical (unpaired) electrons. The van der Waals surface area contributed by atoms with Crippen LogP contribution in [-0.2, 0) is 11.2 Å². The molecule has 0 unspecified atom stereocenters. The van der Waals surface area contributed by atoms with Gasteiger partial charge in [-0.15, -0.1) is 5.10 Å². The van der Waals surface area contributed by atoms with Gasteiger partial charge in [0.15, 0.2) is 5.69 Å². The molecule has 1 saturated heterocycles. The predicted octanol–water partition coefficient (Wildman–Crippen LogP) is 1.65. The summed E-state index contributed by atoms with van der Waals surface area (Å²) in [6.07, 6.45) is 6.03. The van der Waals surface area contributed by atoms with Gasteiger partial charge >= 0.3 is 0 Å². The molecule has 0 bridgehead atoms. The third kappa shape index (κ3) is 3.62. The molecule has 2 aromatic heterocycles. The molecule has 0 spiro atoms. The standard InChI is InChI=1S/C19H19N5O2/c25-19(17-11-24(23-22-17)16-4-2-1-3-5-16)21-18-13-26-12-15(18)10-14-6-8-20-9-7-14/h1-9,11,15,18H,10,12-13H2,(H,21,25)/t15-,18-/m1/s1. The van der Waals surface area contributed by atoms with E-state index in [4.69, 9.17) is 4.74 Å². The number of para-hydroxylation sites is 1. The fourth-order valence-electron chi connectivity index (χ4n) is 3.10. The van der Waals surface area contributed by atoms with Crippen LogP contribution in [0.15, 0.2) is 61.1 Å². The number of carbonyl (C=O) groups is 1. The van der Waals surface area contributed by atoms with Gasteiger partial charge in [-0.3, -0.25) is 9.78 Å². The summed E-state index contributed by atoms with van der Waals surface area (Å²) < 4.78 is 7.17. The monoisotopic (exact) mass is 349 g/mol. The highest BCUT2D eigenvalue weighted by Crippen LogP contribution is 2.19. The summed E-state index contributed by atoms with van der Waals surface area (Å²) in [5.74, 6) is -0.00655. The highest BCUT2D eigenvalue weighted by atomic mass is 16.5. The molecule has 2 atom stereocenters. The first-order chi connectivity index (χ1) is 12.8. The number of hydrogen-bond donors (Lipinski definition) is 1. The van der Waals surface area contributed by atoms with E-state index in [0.717, 1.165) is 12.1 Å². The lowest BCUT2D eigenvalue weighted by Gasteiger charge is -2.18. The maximum absolute atomic E-state index is 12.6. The Morgan fingerprint density at radius 2 is 1.96 bits per heavy atom. The zero-order valence-electron chi connectivity index (χ0n) is 14.2. The van der Waals surface area contributed by atoms with E-state index < -0.39 is 0 Å². The number of hydrogen-bond acceptors (Lipinski definition) is 5. The van der Waals surface area contributed by atoms with Crippen molar-refractivity contribution in [3.8, 4) is 5.69 Å². The van der Waals surface area contributed by atoms with Crippen molar-refractivity contribution in [2.24, 2.45) is 5.92 Å². The second-order valence-corrected chi connectivity index (χ2v) is 6.32. The van der Waals surface area contributed by atoms with E-state index in [-0.39, 0.29) is 17.9 Å². The summed E-state index contributed by atoms with van der Waals surface area (Å²) in [4.78, 5) is 16.6. The van der Waals surface area contributed by atoms with Crippen LogP contribution >= 0.6 is 0 Å². The van der Waals surface area contributed by atoms with Crippen molar-refractivity contribution in [1.29, 1.82) is 0 Å². The van der Waals surface area contributed by atoms with Crippen LogP contribution in [0.25, 0.3) is 5.69 Å². The Hall–Kier alpha value is -3.06. The summed E-state index contributed by atoms with van der Waals surface area (Å²) in [5, 5.41) is 11.1. The molecule has 1 aromatic carbocycles. The minimum atomic E-state index is -0.234. The summed E-state index contributed by atoms with van der Waals surface area (Å²) in [5.41, 5.74) is 2.34. The van der Waals surface area contributed by atoms with Crippen LogP contribution in [0.2, 0.25) is 0 Å². The average molecular weight is 349 g/mol. The lowest BCUT2D eigenvalue weighted by Crippen LogP contribution is -2.40. The number of nitrogens with one attached hydrogen (secondary N) is 1. The molecule has 4 rings (SSSR count). The van der Waals surface area contributed by atoms with Crippen LogP contribution in [0.3, 0.4) is 0 Å². The van der Waals surface area contributed by atoms with E-state index in [9.17, 15) is 4.79 Å². The van der Waals surface area contributed by atoms with Crippen molar-refractivity contribution in [3.63, 3.8) is 0 Å². The summed E-state index contributed by atoms with van der Waals surface area (Å²) in [6, 6.07) is 13.5. The Kier molecular flexibility index (Phi) is 4.70. The van der Waals surface area contributed by atoms with Gasteiger partial charge in [-0.2, -0.15) is 0 Å². The number of pyridine rings is 1. The summed E-state index contributed by atoms with van der Waals surface area (Å²) in [7, 11) is 0. The quantitative estimate of drug-likeness (QED) is 0.757. The molecule has 7 heteroatoms. The molecule has 0 saturated carbocycles. The molecule has 1 N–H and O–H groups in total. The molecular weight excluding hydrogens is 330 g/mol. The topological polar surface area (TPSA) is 81.9 Å². The Morgan fingerprint density at radius 1 is 1.15 bits per heavy atom. The SMILES string of the molecule is O=C(N[C@@H]1COC[C@H]1Cc1ccncc1)c1cn(-c2ccccc2)nn1. The van der Waals surface area contributed by atoms with Gasteiger partial charge in [0.1, 0.15) is 0 Å². The van der Waals surface area contributed by atoms with Crippen LogP contribution in [-0.4, -0.2) is 45.1 Å². The van der Waals surface area contributed by atoms with Crippen molar-refractivity contribution in [2.75, 3.05) is 13.2 Å². The maximum Gasteiger partial charge on any atom is 0.273 e. The van der Waals surface area contributed by atoms with E-state index >= 15 is 0 Å². The van der Waals surface area contributed by atoms with Gasteiger partial charge in [0, 0.05) is 18.3 Å². The van der Waals surface area contributed by atoms with E-state index in [2.05, 4.69) is 20.6 Å². The fraction of sp³-hybridized carbons (Fsp3) is 0.263. The van der Waals surface area contributed by atoms with Gasteiger partial charge in [0.25, 0.3) is 5.91 Å². The molecule has 1 fully saturated rings. The molecular formula is C19H19N5O2. The van der Waals surface area contributed by atoms with Crippen LogP contribution in [0, 0.1) is 5.92 Å². The molecule has 26 heavy (non-hydrogen) atoms. The van der Waals surface area contributed by atoms with E-state index in [1.54, 1.807) is 23.3 Å². The molecule has 1 aliphatic heterocycles. The van der Waals surface area contributed by atoms with E-state index in [0.29, 0.717) is 18.9 Å². The van der Waals surface area contributed by atoms with Crippen LogP contribution in [0.5, 0.6) is 0 Å². The first-order valence-corrected chi connectivity index (χ1v) is 8.55. The number of ether oxygens (including phenoxy) is 1. The molecule has 1 amide bonds. The third-order valence-corrected chi connectivity index (χ3v) is 4.51. The Balaban J connectivity index is 1.42. The average Bonchev–Trinajstić information content (AvgIpc) is 3.34. The third-order valence-electron chi connectivity index (χ3n) is 4.51. The molecule has 1 aliphatic rings. The Labute approximate surface area is 151 Å². The van der Waals surface area contributed by atoms with Gasteiger partial charge in [-0.25, -0.2) is 4.68 Å². The Morgan fingerprint density at radius 3 is 2.77 bits per heavy atom. The molecule has 3 aromatic rings. The zero-order chi connectivity index (χ0) is 17.8.